The van der Waals surface area contributed by atoms with E-state index < -0.39 is 20.4 Å². The smallest absolute Gasteiger partial charge is 0.310 e. The molecule has 2 aromatic carbocycles. The summed E-state index contributed by atoms with van der Waals surface area (Å²) in [6.07, 6.45) is 1.66. The van der Waals surface area contributed by atoms with Gasteiger partial charge in [0.2, 0.25) is 0 Å². The van der Waals surface area contributed by atoms with Crippen LogP contribution in [0, 0.1) is 24.0 Å². The normalized spacial score (nSPS) is 11.3. The van der Waals surface area contributed by atoms with E-state index in [2.05, 4.69) is 5.32 Å². The van der Waals surface area contributed by atoms with Crippen molar-refractivity contribution in [1.29, 1.82) is 0 Å². The predicted octanol–water partition coefficient (Wildman–Crippen LogP) is 3.27. The van der Waals surface area contributed by atoms with Crippen molar-refractivity contribution in [2.24, 2.45) is 0 Å². The molecule has 0 spiro atoms. The number of nitrogens with zero attached hydrogens (tertiary/aromatic N) is 1. The van der Waals surface area contributed by atoms with Crippen LogP contribution in [-0.4, -0.2) is 26.1 Å². The van der Waals surface area contributed by atoms with Crippen LogP contribution in [0.15, 0.2) is 41.3 Å². The van der Waals surface area contributed by atoms with Gasteiger partial charge in [-0.25, -0.2) is 8.42 Å². The fraction of sp³-hybridized carbons (Fsp3) is 0.294. The largest absolute Gasteiger partial charge is 0.379 e. The van der Waals surface area contributed by atoms with E-state index in [-0.39, 0.29) is 10.6 Å². The Balaban J connectivity index is 2.26. The van der Waals surface area contributed by atoms with Gasteiger partial charge in [0.25, 0.3) is 0 Å². The van der Waals surface area contributed by atoms with E-state index >= 15 is 0 Å². The molecule has 0 amide bonds. The zero-order valence-electron chi connectivity index (χ0n) is 13.9. The second-order valence-electron chi connectivity index (χ2n) is 5.73. The number of nitro benzene ring substituents is 1. The van der Waals surface area contributed by atoms with E-state index in [0.717, 1.165) is 17.4 Å². The summed E-state index contributed by atoms with van der Waals surface area (Å²) >= 11 is 0. The molecule has 0 aromatic heterocycles. The molecule has 128 valence electrons. The first kappa shape index (κ1) is 17.9. The van der Waals surface area contributed by atoms with Crippen LogP contribution in [0.4, 0.5) is 11.4 Å². The fourth-order valence-corrected chi connectivity index (χ4v) is 3.58. The fourth-order valence-electron chi connectivity index (χ4n) is 2.72. The van der Waals surface area contributed by atoms with Gasteiger partial charge in [-0.15, -0.1) is 0 Å². The molecule has 24 heavy (non-hydrogen) atoms. The third-order valence-corrected chi connectivity index (χ3v) is 5.04. The molecule has 0 unspecified atom stereocenters. The third kappa shape index (κ3) is 3.91. The maximum Gasteiger partial charge on any atom is 0.310 e. The van der Waals surface area contributed by atoms with E-state index in [4.69, 9.17) is 0 Å². The summed E-state index contributed by atoms with van der Waals surface area (Å²) < 4.78 is 23.5. The number of hydrogen-bond acceptors (Lipinski definition) is 5. The van der Waals surface area contributed by atoms with Gasteiger partial charge in [0.1, 0.15) is 10.6 Å². The van der Waals surface area contributed by atoms with Gasteiger partial charge in [0.05, 0.1) is 4.92 Å². The second-order valence-corrected chi connectivity index (χ2v) is 7.71. The van der Waals surface area contributed by atoms with Crippen LogP contribution in [0.2, 0.25) is 0 Å². The lowest BCUT2D eigenvalue weighted by molar-refractivity contribution is -0.386. The Kier molecular flexibility index (Phi) is 5.23. The molecule has 1 N–H and O–H groups in total. The second kappa shape index (κ2) is 7.00. The van der Waals surface area contributed by atoms with Gasteiger partial charge >= 0.3 is 5.69 Å². The molecule has 6 nitrogen and oxygen atoms in total. The summed E-state index contributed by atoms with van der Waals surface area (Å²) in [5.74, 6) is 0. The molecule has 0 bridgehead atoms. The molecule has 2 rings (SSSR count). The van der Waals surface area contributed by atoms with E-state index in [1.54, 1.807) is 0 Å². The van der Waals surface area contributed by atoms with Crippen molar-refractivity contribution in [3.8, 4) is 0 Å². The van der Waals surface area contributed by atoms with E-state index in [1.807, 2.05) is 32.0 Å². The average molecular weight is 348 g/mol. The SMILES string of the molecule is Cc1cccc(C)c1CCNc1cccc(S(C)(=O)=O)c1[N+](=O)[O-]. The summed E-state index contributed by atoms with van der Waals surface area (Å²) in [6.45, 7) is 4.52. The lowest BCUT2D eigenvalue weighted by Gasteiger charge is -2.12. The molecule has 0 fully saturated rings. The van der Waals surface area contributed by atoms with Crippen LogP contribution in [0.25, 0.3) is 0 Å². The molecule has 0 radical (unpaired) electrons. The number of para-hydroxylation sites is 1. The molecule has 0 saturated carbocycles. The van der Waals surface area contributed by atoms with Crippen molar-refractivity contribution < 1.29 is 13.3 Å². The minimum atomic E-state index is -3.67. The number of benzene rings is 2. The first-order valence-electron chi connectivity index (χ1n) is 7.48. The predicted molar refractivity (Wildman–Crippen MR) is 94.3 cm³/mol. The molecule has 0 aliphatic heterocycles. The van der Waals surface area contributed by atoms with E-state index in [0.29, 0.717) is 13.0 Å². The number of rotatable bonds is 6. The van der Waals surface area contributed by atoms with E-state index in [1.165, 1.54) is 23.8 Å². The Hall–Kier alpha value is -2.41. The maximum absolute atomic E-state index is 11.8. The molecule has 2 aromatic rings. The van der Waals surface area contributed by atoms with E-state index in [9.17, 15) is 18.5 Å². The lowest BCUT2D eigenvalue weighted by Crippen LogP contribution is -2.11. The highest BCUT2D eigenvalue weighted by molar-refractivity contribution is 7.90. The van der Waals surface area contributed by atoms with Crippen molar-refractivity contribution in [2.75, 3.05) is 18.1 Å². The minimum Gasteiger partial charge on any atom is -0.379 e. The molecule has 0 heterocycles. The maximum atomic E-state index is 11.8. The minimum absolute atomic E-state index is 0.217. The number of sulfone groups is 1. The molecular weight excluding hydrogens is 328 g/mol. The van der Waals surface area contributed by atoms with Crippen LogP contribution >= 0.6 is 0 Å². The zero-order valence-corrected chi connectivity index (χ0v) is 14.7. The van der Waals surface area contributed by atoms with Crippen molar-refractivity contribution in [1.82, 2.24) is 0 Å². The molecule has 0 aliphatic carbocycles. The van der Waals surface area contributed by atoms with Crippen LogP contribution < -0.4 is 5.32 Å². The molecular formula is C17H20N2O4S. The summed E-state index contributed by atoms with van der Waals surface area (Å²) in [5.41, 5.74) is 3.33. The summed E-state index contributed by atoms with van der Waals surface area (Å²) in [6, 6.07) is 10.3. The highest BCUT2D eigenvalue weighted by atomic mass is 32.2. The summed E-state index contributed by atoms with van der Waals surface area (Å²) in [4.78, 5) is 10.4. The lowest BCUT2D eigenvalue weighted by atomic mass is 10.0. The Morgan fingerprint density at radius 3 is 2.21 bits per heavy atom. The van der Waals surface area contributed by atoms with Gasteiger partial charge < -0.3 is 5.32 Å². The summed E-state index contributed by atoms with van der Waals surface area (Å²) in [5, 5.41) is 14.3. The Bertz CT molecular complexity index is 856. The first-order chi connectivity index (χ1) is 11.2. The number of hydrogen-bond donors (Lipinski definition) is 1. The number of nitrogens with one attached hydrogen (secondary N) is 1. The van der Waals surface area contributed by atoms with Crippen molar-refractivity contribution in [2.45, 2.75) is 25.2 Å². The van der Waals surface area contributed by atoms with Gasteiger partial charge in [0.15, 0.2) is 9.84 Å². The Labute approximate surface area is 141 Å². The standard InChI is InChI=1S/C17H20N2O4S/c1-12-6-4-7-13(2)14(12)10-11-18-15-8-5-9-16(24(3,22)23)17(15)19(20)21/h4-9,18H,10-11H2,1-3H3. The van der Waals surface area contributed by atoms with Gasteiger partial charge in [-0.1, -0.05) is 24.3 Å². The van der Waals surface area contributed by atoms with Crippen molar-refractivity contribution in [3.05, 3.63) is 63.2 Å². The highest BCUT2D eigenvalue weighted by Gasteiger charge is 2.25. The molecule has 0 atom stereocenters. The van der Waals surface area contributed by atoms with Crippen molar-refractivity contribution in [3.63, 3.8) is 0 Å². The monoisotopic (exact) mass is 348 g/mol. The van der Waals surface area contributed by atoms with Gasteiger partial charge in [-0.05, 0) is 49.1 Å². The van der Waals surface area contributed by atoms with Crippen LogP contribution in [0.5, 0.6) is 0 Å². The van der Waals surface area contributed by atoms with Gasteiger partial charge in [-0.3, -0.25) is 10.1 Å². The average Bonchev–Trinajstić information content (AvgIpc) is 2.49. The van der Waals surface area contributed by atoms with Crippen LogP contribution in [0.1, 0.15) is 16.7 Å². The zero-order chi connectivity index (χ0) is 17.9. The molecule has 7 heteroatoms. The first-order valence-corrected chi connectivity index (χ1v) is 9.37. The van der Waals surface area contributed by atoms with Crippen molar-refractivity contribution >= 4 is 21.2 Å². The Morgan fingerprint density at radius 2 is 1.67 bits per heavy atom. The third-order valence-electron chi connectivity index (χ3n) is 3.92. The van der Waals surface area contributed by atoms with Gasteiger partial charge in [0, 0.05) is 12.8 Å². The number of anilines is 1. The van der Waals surface area contributed by atoms with Gasteiger partial charge in [-0.2, -0.15) is 0 Å². The number of nitro groups is 1. The Morgan fingerprint density at radius 1 is 1.08 bits per heavy atom. The van der Waals surface area contributed by atoms with Crippen LogP contribution in [0.3, 0.4) is 0 Å². The topological polar surface area (TPSA) is 89.3 Å². The molecule has 0 saturated heterocycles. The summed E-state index contributed by atoms with van der Waals surface area (Å²) in [7, 11) is -3.67. The number of aryl methyl sites for hydroxylation is 2. The van der Waals surface area contributed by atoms with Crippen LogP contribution in [-0.2, 0) is 16.3 Å². The quantitative estimate of drug-likeness (QED) is 0.639. The molecule has 0 aliphatic rings. The highest BCUT2D eigenvalue weighted by Crippen LogP contribution is 2.31.